The number of aromatic hydroxyl groups is 1. The topological polar surface area (TPSA) is 52.5 Å². The van der Waals surface area contributed by atoms with Crippen molar-refractivity contribution in [2.24, 2.45) is 5.41 Å². The summed E-state index contributed by atoms with van der Waals surface area (Å²) in [4.78, 5) is 0. The SMILES string of the molecule is CC(C)(CO)C(CNCc1cccc(O)c1)c1ccccc1. The zero-order valence-corrected chi connectivity index (χ0v) is 13.3. The molecule has 0 spiro atoms. The van der Waals surface area contributed by atoms with Gasteiger partial charge in [0.1, 0.15) is 5.75 Å². The van der Waals surface area contributed by atoms with Gasteiger partial charge >= 0.3 is 0 Å². The van der Waals surface area contributed by atoms with Gasteiger partial charge in [-0.3, -0.25) is 0 Å². The van der Waals surface area contributed by atoms with Crippen LogP contribution in [-0.2, 0) is 6.54 Å². The van der Waals surface area contributed by atoms with Crippen molar-refractivity contribution in [3.8, 4) is 5.75 Å². The van der Waals surface area contributed by atoms with E-state index in [0.29, 0.717) is 6.54 Å². The van der Waals surface area contributed by atoms with Crippen LogP contribution in [0.4, 0.5) is 0 Å². The second kappa shape index (κ2) is 7.43. The molecule has 3 nitrogen and oxygen atoms in total. The molecular weight excluding hydrogens is 274 g/mol. The van der Waals surface area contributed by atoms with E-state index < -0.39 is 0 Å². The van der Waals surface area contributed by atoms with Crippen LogP contribution in [-0.4, -0.2) is 23.4 Å². The standard InChI is InChI=1S/C19H25NO2/c1-19(2,14-21)18(16-8-4-3-5-9-16)13-20-12-15-7-6-10-17(22)11-15/h3-11,18,20-22H,12-14H2,1-2H3. The predicted octanol–water partition coefficient (Wildman–Crippen LogP) is 3.28. The molecule has 118 valence electrons. The molecule has 0 fully saturated rings. The van der Waals surface area contributed by atoms with Crippen LogP contribution in [0.25, 0.3) is 0 Å². The van der Waals surface area contributed by atoms with Crippen molar-refractivity contribution in [1.29, 1.82) is 0 Å². The first-order valence-electron chi connectivity index (χ1n) is 7.67. The highest BCUT2D eigenvalue weighted by atomic mass is 16.3. The Balaban J connectivity index is 2.04. The van der Waals surface area contributed by atoms with Gasteiger partial charge in [0.25, 0.3) is 0 Å². The Labute approximate surface area is 132 Å². The molecule has 0 heterocycles. The first-order chi connectivity index (χ1) is 10.5. The van der Waals surface area contributed by atoms with Gasteiger partial charge in [0.05, 0.1) is 0 Å². The summed E-state index contributed by atoms with van der Waals surface area (Å²) in [6.45, 7) is 5.77. The highest BCUT2D eigenvalue weighted by Crippen LogP contribution is 2.34. The first-order valence-corrected chi connectivity index (χ1v) is 7.67. The average molecular weight is 299 g/mol. The van der Waals surface area contributed by atoms with E-state index in [0.717, 1.165) is 12.1 Å². The van der Waals surface area contributed by atoms with Crippen LogP contribution in [0, 0.1) is 5.41 Å². The van der Waals surface area contributed by atoms with E-state index in [2.05, 4.69) is 31.3 Å². The molecule has 3 N–H and O–H groups in total. The Bertz CT molecular complexity index is 581. The van der Waals surface area contributed by atoms with Gasteiger partial charge in [-0.05, 0) is 28.7 Å². The lowest BCUT2D eigenvalue weighted by atomic mass is 9.75. The molecule has 0 saturated carbocycles. The molecule has 22 heavy (non-hydrogen) atoms. The zero-order valence-electron chi connectivity index (χ0n) is 13.3. The molecule has 1 unspecified atom stereocenters. The number of nitrogens with one attached hydrogen (secondary N) is 1. The summed E-state index contributed by atoms with van der Waals surface area (Å²) in [6.07, 6.45) is 0. The minimum atomic E-state index is -0.201. The van der Waals surface area contributed by atoms with Crippen LogP contribution in [0.2, 0.25) is 0 Å². The molecule has 0 aliphatic rings. The Morgan fingerprint density at radius 1 is 1.05 bits per heavy atom. The third-order valence-electron chi connectivity index (χ3n) is 4.14. The maximum absolute atomic E-state index is 9.72. The monoisotopic (exact) mass is 299 g/mol. The molecule has 0 aliphatic heterocycles. The Morgan fingerprint density at radius 3 is 2.41 bits per heavy atom. The van der Waals surface area contributed by atoms with Gasteiger partial charge in [-0.2, -0.15) is 0 Å². The largest absolute Gasteiger partial charge is 0.508 e. The number of benzene rings is 2. The highest BCUT2D eigenvalue weighted by Gasteiger charge is 2.29. The maximum Gasteiger partial charge on any atom is 0.115 e. The van der Waals surface area contributed by atoms with Crippen LogP contribution in [0.3, 0.4) is 0 Å². The number of phenolic OH excluding ortho intramolecular Hbond substituents is 1. The lowest BCUT2D eigenvalue weighted by molar-refractivity contribution is 0.129. The summed E-state index contributed by atoms with van der Waals surface area (Å²) in [5, 5.41) is 22.7. The molecule has 0 bridgehead atoms. The fraction of sp³-hybridized carbons (Fsp3) is 0.368. The summed E-state index contributed by atoms with van der Waals surface area (Å²) in [7, 11) is 0. The molecule has 0 radical (unpaired) electrons. The Hall–Kier alpha value is -1.84. The fourth-order valence-corrected chi connectivity index (χ4v) is 2.67. The normalized spacial score (nSPS) is 13.0. The van der Waals surface area contributed by atoms with Crippen molar-refractivity contribution >= 4 is 0 Å². The third kappa shape index (κ3) is 4.33. The van der Waals surface area contributed by atoms with E-state index in [1.165, 1.54) is 5.56 Å². The average Bonchev–Trinajstić information content (AvgIpc) is 2.52. The predicted molar refractivity (Wildman–Crippen MR) is 89.9 cm³/mol. The fourth-order valence-electron chi connectivity index (χ4n) is 2.67. The van der Waals surface area contributed by atoms with Crippen LogP contribution < -0.4 is 5.32 Å². The van der Waals surface area contributed by atoms with E-state index in [9.17, 15) is 10.2 Å². The summed E-state index contributed by atoms with van der Waals surface area (Å²) < 4.78 is 0. The molecule has 2 aromatic rings. The smallest absolute Gasteiger partial charge is 0.115 e. The van der Waals surface area contributed by atoms with Crippen LogP contribution in [0.1, 0.15) is 30.9 Å². The molecule has 0 saturated heterocycles. The summed E-state index contributed by atoms with van der Waals surface area (Å²) in [5.41, 5.74) is 2.08. The lowest BCUT2D eigenvalue weighted by Crippen LogP contribution is -2.34. The van der Waals surface area contributed by atoms with Crippen LogP contribution in [0.15, 0.2) is 54.6 Å². The molecule has 2 rings (SSSR count). The molecule has 0 amide bonds. The second-order valence-electron chi connectivity index (χ2n) is 6.41. The minimum absolute atomic E-state index is 0.139. The molecule has 0 aliphatic carbocycles. The molecule has 0 aromatic heterocycles. The van der Waals surface area contributed by atoms with E-state index in [1.807, 2.05) is 30.3 Å². The van der Waals surface area contributed by atoms with Crippen molar-refractivity contribution in [3.63, 3.8) is 0 Å². The van der Waals surface area contributed by atoms with Crippen molar-refractivity contribution < 1.29 is 10.2 Å². The van der Waals surface area contributed by atoms with Crippen molar-refractivity contribution in [1.82, 2.24) is 5.32 Å². The molecule has 2 aromatic carbocycles. The van der Waals surface area contributed by atoms with Crippen molar-refractivity contribution in [2.75, 3.05) is 13.2 Å². The van der Waals surface area contributed by atoms with Gasteiger partial charge in [-0.1, -0.05) is 56.3 Å². The number of aliphatic hydroxyl groups is 1. The quantitative estimate of drug-likeness (QED) is 0.735. The van der Waals surface area contributed by atoms with Gasteiger partial charge in [0.2, 0.25) is 0 Å². The number of hydrogen-bond donors (Lipinski definition) is 3. The highest BCUT2D eigenvalue weighted by molar-refractivity contribution is 5.27. The van der Waals surface area contributed by atoms with Crippen LogP contribution >= 0.6 is 0 Å². The van der Waals surface area contributed by atoms with E-state index in [-0.39, 0.29) is 23.7 Å². The minimum Gasteiger partial charge on any atom is -0.508 e. The lowest BCUT2D eigenvalue weighted by Gasteiger charge is -2.33. The molecule has 3 heteroatoms. The zero-order chi connectivity index (χ0) is 16.0. The molecule has 1 atom stereocenters. The van der Waals surface area contributed by atoms with Crippen molar-refractivity contribution in [3.05, 3.63) is 65.7 Å². The van der Waals surface area contributed by atoms with Gasteiger partial charge in [0.15, 0.2) is 0 Å². The van der Waals surface area contributed by atoms with Gasteiger partial charge in [0, 0.05) is 25.6 Å². The Kier molecular flexibility index (Phi) is 5.58. The summed E-state index contributed by atoms with van der Waals surface area (Å²) in [5.74, 6) is 0.505. The van der Waals surface area contributed by atoms with E-state index in [4.69, 9.17) is 0 Å². The maximum atomic E-state index is 9.72. The van der Waals surface area contributed by atoms with Crippen molar-refractivity contribution in [2.45, 2.75) is 26.3 Å². The number of hydrogen-bond acceptors (Lipinski definition) is 3. The van der Waals surface area contributed by atoms with Crippen LogP contribution in [0.5, 0.6) is 5.75 Å². The Morgan fingerprint density at radius 2 is 1.77 bits per heavy atom. The summed E-state index contributed by atoms with van der Waals surface area (Å²) in [6, 6.07) is 17.6. The first kappa shape index (κ1) is 16.5. The van der Waals surface area contributed by atoms with Gasteiger partial charge < -0.3 is 15.5 Å². The summed E-state index contributed by atoms with van der Waals surface area (Å²) >= 11 is 0. The number of aliphatic hydroxyl groups excluding tert-OH is 1. The van der Waals surface area contributed by atoms with E-state index >= 15 is 0 Å². The number of rotatable bonds is 7. The number of phenols is 1. The van der Waals surface area contributed by atoms with E-state index in [1.54, 1.807) is 12.1 Å². The van der Waals surface area contributed by atoms with Gasteiger partial charge in [-0.25, -0.2) is 0 Å². The molecular formula is C19H25NO2. The second-order valence-corrected chi connectivity index (χ2v) is 6.41. The van der Waals surface area contributed by atoms with Gasteiger partial charge in [-0.15, -0.1) is 0 Å². The third-order valence-corrected chi connectivity index (χ3v) is 4.14.